The summed E-state index contributed by atoms with van der Waals surface area (Å²) in [4.78, 5) is 60.9. The average molecular weight is 1720 g/mol. The predicted molar refractivity (Wildman–Crippen MR) is 558 cm³/mol. The monoisotopic (exact) mass is 1720 g/mol. The predicted octanol–water partition coefficient (Wildman–Crippen LogP) is 31.3. The summed E-state index contributed by atoms with van der Waals surface area (Å²) in [5.41, 5.74) is 23.7. The molecule has 20 rings (SSSR count). The van der Waals surface area contributed by atoms with Crippen molar-refractivity contribution >= 4 is 110 Å². The lowest BCUT2D eigenvalue weighted by molar-refractivity contribution is 1.06. The molecule has 680 valence electrons. The van der Waals surface area contributed by atoms with Crippen molar-refractivity contribution < 1.29 is 0 Å². The fourth-order valence-electron chi connectivity index (χ4n) is 12.2. The van der Waals surface area contributed by atoms with E-state index in [-0.39, 0.29) is 0 Å². The lowest BCUT2D eigenvalue weighted by Gasteiger charge is -2.04. The van der Waals surface area contributed by atoms with E-state index in [1.54, 1.807) is 12.4 Å². The van der Waals surface area contributed by atoms with Crippen LogP contribution in [0.1, 0.15) is 234 Å². The van der Waals surface area contributed by atoms with Crippen molar-refractivity contribution in [2.24, 2.45) is 0 Å². The summed E-state index contributed by atoms with van der Waals surface area (Å²) in [7, 11) is 0. The van der Waals surface area contributed by atoms with Crippen molar-refractivity contribution in [2.45, 2.75) is 249 Å². The van der Waals surface area contributed by atoms with Crippen LogP contribution >= 0.6 is 0 Å². The Labute approximate surface area is 766 Å². The lowest BCUT2D eigenvalue weighted by Crippen LogP contribution is -1.87. The maximum atomic E-state index is 4.54. The maximum Gasteiger partial charge on any atom is 0.234 e. The van der Waals surface area contributed by atoms with Gasteiger partial charge in [-0.05, 0) is 191 Å². The number of pyridine rings is 10. The molecule has 18 nitrogen and oxygen atoms in total. The zero-order chi connectivity index (χ0) is 96.4. The topological polar surface area (TPSA) is 198 Å². The summed E-state index contributed by atoms with van der Waals surface area (Å²) in [6.45, 7) is 72.5. The van der Waals surface area contributed by atoms with Gasteiger partial charge in [-0.3, -0.25) is 48.7 Å². The second kappa shape index (κ2) is 63.7. The van der Waals surface area contributed by atoms with E-state index < -0.39 is 0 Å². The summed E-state index contributed by atoms with van der Waals surface area (Å²) in [6, 6.07) is 59.0. The Balaban J connectivity index is 0.000000709. The Hall–Kier alpha value is -13.2. The summed E-state index contributed by atoms with van der Waals surface area (Å²) >= 11 is 0. The fraction of sp³-hybridized carbons (Fsp3) is 0.327. The van der Waals surface area contributed by atoms with E-state index in [0.717, 1.165) is 139 Å². The highest BCUT2D eigenvalue weighted by Gasteiger charge is 2.10. The number of hydrogen-bond acceptors (Lipinski definition) is 14. The Morgan fingerprint density at radius 3 is 0.938 bits per heavy atom. The number of aryl methyl sites for hydroxylation is 12. The van der Waals surface area contributed by atoms with Gasteiger partial charge in [0.1, 0.15) is 11.3 Å². The van der Waals surface area contributed by atoms with Gasteiger partial charge in [0.25, 0.3) is 0 Å². The van der Waals surface area contributed by atoms with Crippen LogP contribution in [0, 0.1) is 83.1 Å². The van der Waals surface area contributed by atoms with Gasteiger partial charge in [-0.2, -0.15) is 0 Å². The molecule has 128 heavy (non-hydrogen) atoms. The number of benzene rings is 4. The van der Waals surface area contributed by atoms with E-state index in [1.807, 2.05) is 383 Å². The molecule has 0 spiro atoms. The Bertz CT molecular complexity index is 6070. The largest absolute Gasteiger partial charge is 0.304 e. The molecule has 0 unspecified atom stereocenters. The van der Waals surface area contributed by atoms with Crippen LogP contribution in [0.15, 0.2) is 256 Å². The van der Waals surface area contributed by atoms with Crippen molar-refractivity contribution in [3.8, 4) is 0 Å². The molecule has 0 saturated heterocycles. The molecule has 4 aromatic carbocycles. The average Bonchev–Trinajstić information content (AvgIpc) is 1.28. The highest BCUT2D eigenvalue weighted by Crippen LogP contribution is 2.28. The Morgan fingerprint density at radius 1 is 0.203 bits per heavy atom. The molecular formula is C110H150N18. The van der Waals surface area contributed by atoms with E-state index in [0.29, 0.717) is 0 Å². The summed E-state index contributed by atoms with van der Waals surface area (Å²) in [5, 5.41) is 9.24. The minimum atomic E-state index is 0.780. The number of aromatic nitrogens is 18. The van der Waals surface area contributed by atoms with Gasteiger partial charge in [0.05, 0.1) is 66.9 Å². The molecule has 16 heterocycles. The van der Waals surface area contributed by atoms with Gasteiger partial charge in [0.15, 0.2) is 0 Å². The quantitative estimate of drug-likeness (QED) is 0.130. The first-order chi connectivity index (χ1) is 62.6. The third-order valence-corrected chi connectivity index (χ3v) is 18.3. The highest BCUT2D eigenvalue weighted by atomic mass is 15.1. The van der Waals surface area contributed by atoms with Crippen LogP contribution in [-0.4, -0.2) is 87.4 Å². The van der Waals surface area contributed by atoms with Gasteiger partial charge in [0.2, 0.25) is 11.6 Å². The minimum absolute atomic E-state index is 0.780. The van der Waals surface area contributed by atoms with E-state index >= 15 is 0 Å². The lowest BCUT2D eigenvalue weighted by atomic mass is 10.1. The molecule has 0 aliphatic carbocycles. The van der Waals surface area contributed by atoms with Gasteiger partial charge < -0.3 is 8.80 Å². The Morgan fingerprint density at radius 2 is 0.508 bits per heavy atom. The molecule has 0 amide bonds. The van der Waals surface area contributed by atoms with E-state index in [2.05, 4.69) is 198 Å². The third-order valence-electron chi connectivity index (χ3n) is 18.3. The molecule has 18 heteroatoms. The molecule has 16 aromatic heterocycles. The molecular weight excluding hydrogens is 1570 g/mol. The normalized spacial score (nSPS) is 9.41. The molecule has 0 bridgehead atoms. The number of fused-ring (bicyclic) bond motifs is 16. The van der Waals surface area contributed by atoms with Crippen LogP contribution in [-0.2, 0) is 0 Å². The third kappa shape index (κ3) is 31.1. The van der Waals surface area contributed by atoms with E-state index in [9.17, 15) is 0 Å². The minimum Gasteiger partial charge on any atom is -0.304 e. The van der Waals surface area contributed by atoms with Gasteiger partial charge in [0, 0.05) is 152 Å². The zero-order valence-corrected chi connectivity index (χ0v) is 84.3. The molecule has 0 N–H and O–H groups in total. The van der Waals surface area contributed by atoms with Crippen LogP contribution in [0.3, 0.4) is 0 Å². The van der Waals surface area contributed by atoms with Crippen molar-refractivity contribution in [2.75, 3.05) is 0 Å². The van der Waals surface area contributed by atoms with Gasteiger partial charge in [-0.1, -0.05) is 251 Å². The van der Waals surface area contributed by atoms with Gasteiger partial charge in [-0.15, -0.1) is 0 Å². The smallest absolute Gasteiger partial charge is 0.234 e. The molecule has 0 saturated carbocycles. The van der Waals surface area contributed by atoms with Gasteiger partial charge >= 0.3 is 0 Å². The van der Waals surface area contributed by atoms with Crippen LogP contribution in [0.4, 0.5) is 0 Å². The van der Waals surface area contributed by atoms with Crippen LogP contribution < -0.4 is 0 Å². The van der Waals surface area contributed by atoms with Crippen molar-refractivity contribution in [3.63, 3.8) is 0 Å². The van der Waals surface area contributed by atoms with Crippen molar-refractivity contribution in [3.05, 3.63) is 324 Å². The second-order valence-corrected chi connectivity index (χ2v) is 25.3. The molecule has 0 atom stereocenters. The molecule has 0 fully saturated rings. The Kier molecular flexibility index (Phi) is 56.1. The zero-order valence-electron chi connectivity index (χ0n) is 84.3. The van der Waals surface area contributed by atoms with Crippen LogP contribution in [0.25, 0.3) is 110 Å². The number of rotatable bonds is 0. The second-order valence-electron chi connectivity index (χ2n) is 25.3. The first-order valence-electron chi connectivity index (χ1n) is 46.3. The van der Waals surface area contributed by atoms with E-state index in [4.69, 9.17) is 0 Å². The first-order valence-corrected chi connectivity index (χ1v) is 46.3. The molecule has 20 aromatic rings. The van der Waals surface area contributed by atoms with Crippen molar-refractivity contribution in [1.29, 1.82) is 0 Å². The summed E-state index contributed by atoms with van der Waals surface area (Å²) in [6.07, 6.45) is 24.3. The fourth-order valence-corrected chi connectivity index (χ4v) is 12.2. The molecule has 0 radical (unpaired) electrons. The summed E-state index contributed by atoms with van der Waals surface area (Å²) < 4.78 is 8.15. The first kappa shape index (κ1) is 113. The number of hydrogen-bond donors (Lipinski definition) is 0. The number of nitrogens with zero attached hydrogens (tertiary/aromatic N) is 18. The van der Waals surface area contributed by atoms with E-state index in [1.165, 1.54) is 38.9 Å². The maximum absolute atomic E-state index is 4.54. The standard InChI is InChI=1S/4C13H10N2.2C9H10N2.2C8H9N3.12C2H6/c1-9-8-10-4-2-6-14-12(10)13-11(9)5-3-7-15-13;1-9-4-5-11-7-6-10-3-2-8-14-12(10)13(11)15-9;1-9-6-8-15-13-11(9)5-4-10-3-2-7-14-12(10)13;1-9-7-11-5-4-10-3-2-6-14-12(10)13(11)15-8-9;2*1-7-8(2)11-6-4-3-5-9(11)10-7;2*1-6-7(2)11-5-3-4-9-8(11)10-6;12*1-2/h4*2-8H,1H3;2*3-6H,1-2H3;2*3-5H,1-2H3;12*1-2H3. The molecule has 0 aliphatic heterocycles. The SMILES string of the molecule is CC.CC.CC.CC.CC.CC.CC.CC.CC.CC.CC.CC.Cc1cc2cccnc2c2ncccc12.Cc1ccc2ccc3cccnc3c2n1.Cc1ccnc2c1ccc1cccnc12.Cc1cnc2c(ccc3cccnc32)c1.Cc1nc2ccccn2c1C.Cc1nc2ccccn2c1C.Cc1nc2ncccn2c1C.Cc1nc2ncccn2c1C. The van der Waals surface area contributed by atoms with Crippen molar-refractivity contribution in [1.82, 2.24) is 87.4 Å². The number of imidazole rings is 4. The van der Waals surface area contributed by atoms with Crippen LogP contribution in [0.5, 0.6) is 0 Å². The van der Waals surface area contributed by atoms with Gasteiger partial charge in [-0.25, -0.2) is 29.9 Å². The highest BCUT2D eigenvalue weighted by molar-refractivity contribution is 6.06. The molecule has 0 aliphatic rings. The van der Waals surface area contributed by atoms with Crippen LogP contribution in [0.2, 0.25) is 0 Å². The summed E-state index contributed by atoms with van der Waals surface area (Å²) in [5.74, 6) is 1.56.